The molecule has 1 spiro atoms. The monoisotopic (exact) mass is 499 g/mol. The second-order valence-electron chi connectivity index (χ2n) is 10.1. The van der Waals surface area contributed by atoms with Crippen molar-refractivity contribution in [3.63, 3.8) is 0 Å². The number of Topliss-reactive ketones (excluding diaryl/α,β-unsaturated/α-hetero) is 1. The van der Waals surface area contributed by atoms with Crippen LogP contribution in [-0.2, 0) is 11.3 Å². The molecule has 2 fully saturated rings. The van der Waals surface area contributed by atoms with Crippen LogP contribution in [0.25, 0.3) is 16.7 Å². The van der Waals surface area contributed by atoms with Crippen molar-refractivity contribution >= 4 is 22.6 Å². The van der Waals surface area contributed by atoms with Gasteiger partial charge < -0.3 is 14.6 Å². The van der Waals surface area contributed by atoms with Crippen LogP contribution in [0, 0.1) is 12.3 Å². The maximum Gasteiger partial charge on any atom is 0.295 e. The number of fused-ring (bicyclic) bond motifs is 1. The van der Waals surface area contributed by atoms with E-state index < -0.39 is 11.7 Å². The maximum absolute atomic E-state index is 13.5. The van der Waals surface area contributed by atoms with E-state index in [9.17, 15) is 9.59 Å². The molecule has 6 rings (SSSR count). The van der Waals surface area contributed by atoms with E-state index in [1.807, 2.05) is 6.07 Å². The number of aromatic nitrogens is 5. The molecule has 37 heavy (non-hydrogen) atoms. The van der Waals surface area contributed by atoms with Crippen LogP contribution in [0.4, 0.5) is 0 Å². The van der Waals surface area contributed by atoms with E-state index in [1.165, 1.54) is 23.6 Å². The topological polar surface area (TPSA) is 109 Å². The third kappa shape index (κ3) is 4.17. The van der Waals surface area contributed by atoms with Gasteiger partial charge in [0.2, 0.25) is 0 Å². The van der Waals surface area contributed by atoms with Gasteiger partial charge in [0.1, 0.15) is 17.9 Å². The molecule has 5 heterocycles. The van der Waals surface area contributed by atoms with Crippen LogP contribution in [0.3, 0.4) is 0 Å². The lowest BCUT2D eigenvalue weighted by atomic mass is 9.86. The van der Waals surface area contributed by atoms with E-state index in [0.717, 1.165) is 32.5 Å². The average molecular weight is 500 g/mol. The molecule has 0 radical (unpaired) electrons. The first-order valence-corrected chi connectivity index (χ1v) is 12.5. The lowest BCUT2D eigenvalue weighted by Crippen LogP contribution is -2.37. The minimum Gasteiger partial charge on any atom is -0.494 e. The molecule has 1 aromatic carbocycles. The van der Waals surface area contributed by atoms with Crippen molar-refractivity contribution in [1.82, 2.24) is 34.5 Å². The molecule has 2 aliphatic rings. The second-order valence-corrected chi connectivity index (χ2v) is 10.1. The van der Waals surface area contributed by atoms with Gasteiger partial charge in [0.25, 0.3) is 11.7 Å². The lowest BCUT2D eigenvalue weighted by molar-refractivity contribution is -0.125. The number of nitrogens with zero attached hydrogens (tertiary/aromatic N) is 6. The SMILES string of the molecule is COc1cnc(-n2cnc(C)n2)c2[nH]cc(C(=O)C(=O)N3CCC4(CCN(Cc5ccccc5)C4)C3)c12. The molecule has 1 atom stereocenters. The summed E-state index contributed by atoms with van der Waals surface area (Å²) in [7, 11) is 1.52. The second kappa shape index (κ2) is 9.11. The number of aryl methyl sites for hydroxylation is 1. The first-order chi connectivity index (χ1) is 18.0. The highest BCUT2D eigenvalue weighted by Crippen LogP contribution is 2.40. The Morgan fingerprint density at radius 3 is 2.68 bits per heavy atom. The van der Waals surface area contributed by atoms with Gasteiger partial charge in [-0.25, -0.2) is 14.6 Å². The molecule has 1 amide bonds. The Morgan fingerprint density at radius 1 is 1.11 bits per heavy atom. The minimum atomic E-state index is -0.548. The average Bonchev–Trinajstić information content (AvgIpc) is 3.71. The van der Waals surface area contributed by atoms with Gasteiger partial charge in [0, 0.05) is 37.8 Å². The van der Waals surface area contributed by atoms with Crippen molar-refractivity contribution in [3.05, 3.63) is 66.0 Å². The predicted octanol–water partition coefficient (Wildman–Crippen LogP) is 2.77. The van der Waals surface area contributed by atoms with E-state index in [4.69, 9.17) is 4.74 Å². The molecule has 3 aromatic heterocycles. The van der Waals surface area contributed by atoms with Gasteiger partial charge in [-0.1, -0.05) is 30.3 Å². The van der Waals surface area contributed by atoms with E-state index in [2.05, 4.69) is 49.2 Å². The summed E-state index contributed by atoms with van der Waals surface area (Å²) >= 11 is 0. The summed E-state index contributed by atoms with van der Waals surface area (Å²) in [6, 6.07) is 10.5. The van der Waals surface area contributed by atoms with Crippen LogP contribution in [0.5, 0.6) is 5.75 Å². The minimum absolute atomic E-state index is 0.0463. The molecule has 4 aromatic rings. The zero-order chi connectivity index (χ0) is 25.6. The van der Waals surface area contributed by atoms with Crippen LogP contribution in [0.1, 0.15) is 34.6 Å². The number of carbonyl (C=O) groups excluding carboxylic acids is 2. The third-order valence-corrected chi connectivity index (χ3v) is 7.63. The van der Waals surface area contributed by atoms with Gasteiger partial charge in [0.15, 0.2) is 5.82 Å². The lowest BCUT2D eigenvalue weighted by Gasteiger charge is -2.24. The Morgan fingerprint density at radius 2 is 1.92 bits per heavy atom. The highest BCUT2D eigenvalue weighted by molar-refractivity contribution is 6.45. The first kappa shape index (κ1) is 23.4. The molecule has 1 unspecified atom stereocenters. The van der Waals surface area contributed by atoms with Crippen LogP contribution >= 0.6 is 0 Å². The zero-order valence-corrected chi connectivity index (χ0v) is 21.0. The normalized spacial score (nSPS) is 19.8. The molecule has 1 N–H and O–H groups in total. The van der Waals surface area contributed by atoms with Crippen molar-refractivity contribution in [2.45, 2.75) is 26.3 Å². The molecule has 10 heteroatoms. The number of nitrogens with one attached hydrogen (secondary N) is 1. The summed E-state index contributed by atoms with van der Waals surface area (Å²) in [4.78, 5) is 42.8. The van der Waals surface area contributed by atoms with E-state index in [0.29, 0.717) is 41.4 Å². The standard InChI is InChI=1S/C27H29N7O3/c1-18-30-17-34(31-18)25-23-22(21(37-2)13-29-25)20(12-28-23)24(35)26(36)33-11-9-27(16-33)8-10-32(15-27)14-19-6-4-3-5-7-19/h3-7,12-13,17,28H,8-11,14-16H2,1-2H3. The van der Waals surface area contributed by atoms with Gasteiger partial charge >= 0.3 is 0 Å². The Balaban J connectivity index is 1.21. The number of benzene rings is 1. The van der Waals surface area contributed by atoms with Crippen LogP contribution in [0.15, 0.2) is 49.1 Å². The van der Waals surface area contributed by atoms with Gasteiger partial charge in [-0.05, 0) is 31.9 Å². The van der Waals surface area contributed by atoms with Gasteiger partial charge in [-0.15, -0.1) is 0 Å². The molecular formula is C27H29N7O3. The molecule has 190 valence electrons. The summed E-state index contributed by atoms with van der Waals surface area (Å²) in [6.45, 7) is 5.83. The molecule has 2 saturated heterocycles. The summed E-state index contributed by atoms with van der Waals surface area (Å²) in [5.74, 6) is 0.468. The number of aromatic amines is 1. The largest absolute Gasteiger partial charge is 0.494 e. The van der Waals surface area contributed by atoms with Crippen LogP contribution < -0.4 is 4.74 Å². The fourth-order valence-corrected chi connectivity index (χ4v) is 5.76. The Bertz CT molecular complexity index is 1480. The number of methoxy groups -OCH3 is 1. The molecule has 0 bridgehead atoms. The summed E-state index contributed by atoms with van der Waals surface area (Å²) in [5, 5.41) is 4.85. The Hall–Kier alpha value is -4.05. The van der Waals surface area contributed by atoms with Crippen LogP contribution in [-0.4, -0.2) is 79.5 Å². The van der Waals surface area contributed by atoms with E-state index in [1.54, 1.807) is 24.3 Å². The first-order valence-electron chi connectivity index (χ1n) is 12.5. The number of hydrogen-bond donors (Lipinski definition) is 1. The number of rotatable bonds is 6. The number of amides is 1. The zero-order valence-electron chi connectivity index (χ0n) is 21.0. The summed E-state index contributed by atoms with van der Waals surface area (Å²) in [5.41, 5.74) is 2.18. The third-order valence-electron chi connectivity index (χ3n) is 7.63. The van der Waals surface area contributed by atoms with E-state index >= 15 is 0 Å². The highest BCUT2D eigenvalue weighted by Gasteiger charge is 2.45. The highest BCUT2D eigenvalue weighted by atomic mass is 16.5. The van der Waals surface area contributed by atoms with Crippen molar-refractivity contribution in [2.75, 3.05) is 33.3 Å². The molecular weight excluding hydrogens is 470 g/mol. The number of H-pyrrole nitrogens is 1. The number of ether oxygens (including phenoxy) is 1. The maximum atomic E-state index is 13.5. The predicted molar refractivity (Wildman–Crippen MR) is 137 cm³/mol. The molecule has 0 aliphatic carbocycles. The summed E-state index contributed by atoms with van der Waals surface area (Å²) < 4.78 is 7.04. The van der Waals surface area contributed by atoms with E-state index in [-0.39, 0.29) is 11.0 Å². The van der Waals surface area contributed by atoms with Gasteiger partial charge in [-0.2, -0.15) is 5.10 Å². The Labute approximate surface area is 214 Å². The van der Waals surface area contributed by atoms with Gasteiger partial charge in [-0.3, -0.25) is 14.5 Å². The number of carbonyl (C=O) groups is 2. The number of likely N-dealkylation sites (tertiary alicyclic amines) is 2. The molecule has 2 aliphatic heterocycles. The van der Waals surface area contributed by atoms with Crippen LogP contribution in [0.2, 0.25) is 0 Å². The number of ketones is 1. The summed E-state index contributed by atoms with van der Waals surface area (Å²) in [6.07, 6.45) is 6.60. The number of hydrogen-bond acceptors (Lipinski definition) is 7. The quantitative estimate of drug-likeness (QED) is 0.321. The smallest absolute Gasteiger partial charge is 0.295 e. The Kier molecular flexibility index (Phi) is 5.75. The van der Waals surface area contributed by atoms with Crippen molar-refractivity contribution in [1.29, 1.82) is 0 Å². The fraction of sp³-hybridized carbons (Fsp3) is 0.370. The van der Waals surface area contributed by atoms with Crippen molar-refractivity contribution in [3.8, 4) is 11.6 Å². The molecule has 0 saturated carbocycles. The van der Waals surface area contributed by atoms with Gasteiger partial charge in [0.05, 0.1) is 29.8 Å². The molecule has 10 nitrogen and oxygen atoms in total. The number of pyridine rings is 1. The fourth-order valence-electron chi connectivity index (χ4n) is 5.76. The van der Waals surface area contributed by atoms with Crippen molar-refractivity contribution < 1.29 is 14.3 Å². The van der Waals surface area contributed by atoms with Crippen molar-refractivity contribution in [2.24, 2.45) is 5.41 Å².